The number of nitrogens with one attached hydrogen (secondary N) is 1. The van der Waals surface area contributed by atoms with E-state index in [1.807, 2.05) is 0 Å². The zero-order valence-electron chi connectivity index (χ0n) is 11.9. The zero-order valence-corrected chi connectivity index (χ0v) is 11.9. The molecule has 0 saturated heterocycles. The first-order valence-corrected chi connectivity index (χ1v) is 7.66. The van der Waals surface area contributed by atoms with Crippen molar-refractivity contribution < 1.29 is 0 Å². The van der Waals surface area contributed by atoms with Crippen LogP contribution in [0.3, 0.4) is 0 Å². The van der Waals surface area contributed by atoms with E-state index in [4.69, 9.17) is 0 Å². The summed E-state index contributed by atoms with van der Waals surface area (Å²) in [6.07, 6.45) is 8.01. The molecule has 0 aromatic heterocycles. The number of aryl methyl sites for hydroxylation is 1. The van der Waals surface area contributed by atoms with Crippen molar-refractivity contribution in [3.05, 3.63) is 35.4 Å². The summed E-state index contributed by atoms with van der Waals surface area (Å²) in [5.74, 6) is 1.03. The molecule has 1 aliphatic carbocycles. The van der Waals surface area contributed by atoms with Gasteiger partial charge in [0.15, 0.2) is 0 Å². The molecule has 0 heterocycles. The van der Waals surface area contributed by atoms with Crippen LogP contribution in [-0.4, -0.2) is 6.54 Å². The van der Waals surface area contributed by atoms with Crippen LogP contribution < -0.4 is 5.32 Å². The van der Waals surface area contributed by atoms with E-state index in [0.717, 1.165) is 18.9 Å². The molecule has 1 unspecified atom stereocenters. The average Bonchev–Trinajstić information content (AvgIpc) is 3.23. The molecule has 1 atom stereocenters. The number of hydrogen-bond acceptors (Lipinski definition) is 1. The van der Waals surface area contributed by atoms with Crippen molar-refractivity contribution in [2.45, 2.75) is 58.4 Å². The van der Waals surface area contributed by atoms with Crippen LogP contribution in [0.5, 0.6) is 0 Å². The second kappa shape index (κ2) is 6.94. The SMILES string of the molecule is CCCNC(CCC1CC1)c1ccccc1CC. The van der Waals surface area contributed by atoms with Gasteiger partial charge in [-0.15, -0.1) is 0 Å². The minimum atomic E-state index is 0.571. The third kappa shape index (κ3) is 3.84. The normalized spacial score (nSPS) is 16.8. The molecule has 2 rings (SSSR count). The summed E-state index contributed by atoms with van der Waals surface area (Å²) >= 11 is 0. The van der Waals surface area contributed by atoms with Crippen molar-refractivity contribution in [2.24, 2.45) is 5.92 Å². The highest BCUT2D eigenvalue weighted by Crippen LogP contribution is 2.36. The highest BCUT2D eigenvalue weighted by Gasteiger charge is 2.23. The van der Waals surface area contributed by atoms with Gasteiger partial charge in [0, 0.05) is 6.04 Å². The average molecular weight is 245 g/mol. The number of benzene rings is 1. The molecular formula is C17H27N. The Morgan fingerprint density at radius 1 is 1.22 bits per heavy atom. The molecule has 0 spiro atoms. The molecule has 0 radical (unpaired) electrons. The second-order valence-corrected chi connectivity index (χ2v) is 5.58. The van der Waals surface area contributed by atoms with E-state index in [2.05, 4.69) is 43.4 Å². The largest absolute Gasteiger partial charge is 0.310 e. The van der Waals surface area contributed by atoms with Crippen molar-refractivity contribution in [2.75, 3.05) is 6.54 Å². The molecule has 1 nitrogen and oxygen atoms in total. The molecule has 0 bridgehead atoms. The van der Waals surface area contributed by atoms with Gasteiger partial charge in [-0.2, -0.15) is 0 Å². The first kappa shape index (κ1) is 13.6. The van der Waals surface area contributed by atoms with Crippen LogP contribution in [-0.2, 0) is 6.42 Å². The summed E-state index contributed by atoms with van der Waals surface area (Å²) < 4.78 is 0. The topological polar surface area (TPSA) is 12.0 Å². The standard InChI is InChI=1S/C17H27N/c1-3-13-18-17(12-11-14-9-10-14)16-8-6-5-7-15(16)4-2/h5-8,14,17-18H,3-4,9-13H2,1-2H3. The molecule has 1 aromatic carbocycles. The van der Waals surface area contributed by atoms with Gasteiger partial charge >= 0.3 is 0 Å². The monoisotopic (exact) mass is 245 g/mol. The van der Waals surface area contributed by atoms with Crippen LogP contribution >= 0.6 is 0 Å². The fourth-order valence-electron chi connectivity index (χ4n) is 2.69. The Kier molecular flexibility index (Phi) is 5.25. The van der Waals surface area contributed by atoms with Crippen molar-refractivity contribution in [1.29, 1.82) is 0 Å². The van der Waals surface area contributed by atoms with Gasteiger partial charge in [0.1, 0.15) is 0 Å². The summed E-state index contributed by atoms with van der Waals surface area (Å²) in [6.45, 7) is 5.64. The highest BCUT2D eigenvalue weighted by atomic mass is 14.9. The van der Waals surface area contributed by atoms with Crippen LogP contribution in [0.2, 0.25) is 0 Å². The first-order chi connectivity index (χ1) is 8.85. The van der Waals surface area contributed by atoms with Crippen molar-refractivity contribution in [3.63, 3.8) is 0 Å². The molecule has 1 fully saturated rings. The summed E-state index contributed by atoms with van der Waals surface area (Å²) in [5.41, 5.74) is 3.05. The lowest BCUT2D eigenvalue weighted by atomic mass is 9.94. The summed E-state index contributed by atoms with van der Waals surface area (Å²) in [4.78, 5) is 0. The summed E-state index contributed by atoms with van der Waals surface area (Å²) in [6, 6.07) is 9.53. The van der Waals surface area contributed by atoms with Crippen molar-refractivity contribution >= 4 is 0 Å². The molecule has 1 saturated carbocycles. The lowest BCUT2D eigenvalue weighted by Gasteiger charge is -2.21. The van der Waals surface area contributed by atoms with Gasteiger partial charge < -0.3 is 5.32 Å². The maximum Gasteiger partial charge on any atom is 0.0323 e. The molecule has 1 N–H and O–H groups in total. The molecule has 0 aliphatic heterocycles. The van der Waals surface area contributed by atoms with Crippen LogP contribution in [0.15, 0.2) is 24.3 Å². The van der Waals surface area contributed by atoms with Crippen molar-refractivity contribution in [3.8, 4) is 0 Å². The molecule has 18 heavy (non-hydrogen) atoms. The van der Waals surface area contributed by atoms with Gasteiger partial charge in [0.05, 0.1) is 0 Å². The van der Waals surface area contributed by atoms with E-state index in [0.29, 0.717) is 6.04 Å². The molecular weight excluding hydrogens is 218 g/mol. The van der Waals surface area contributed by atoms with Gasteiger partial charge in [-0.25, -0.2) is 0 Å². The predicted molar refractivity (Wildman–Crippen MR) is 78.8 cm³/mol. The minimum absolute atomic E-state index is 0.571. The Balaban J connectivity index is 2.04. The Bertz CT molecular complexity index is 354. The van der Waals surface area contributed by atoms with E-state index in [1.54, 1.807) is 0 Å². The van der Waals surface area contributed by atoms with Crippen LogP contribution in [0.25, 0.3) is 0 Å². The Morgan fingerprint density at radius 2 is 2.00 bits per heavy atom. The van der Waals surface area contributed by atoms with E-state index < -0.39 is 0 Å². The van der Waals surface area contributed by atoms with E-state index in [-0.39, 0.29) is 0 Å². The minimum Gasteiger partial charge on any atom is -0.310 e. The predicted octanol–water partition coefficient (Wildman–Crippen LogP) is 4.48. The maximum absolute atomic E-state index is 3.74. The number of rotatable bonds is 8. The highest BCUT2D eigenvalue weighted by molar-refractivity contribution is 5.30. The quantitative estimate of drug-likeness (QED) is 0.712. The second-order valence-electron chi connectivity index (χ2n) is 5.58. The molecule has 1 aromatic rings. The molecule has 100 valence electrons. The van der Waals surface area contributed by atoms with Crippen molar-refractivity contribution in [1.82, 2.24) is 5.32 Å². The summed E-state index contributed by atoms with van der Waals surface area (Å²) in [7, 11) is 0. The van der Waals surface area contributed by atoms with Gasteiger partial charge in [0.25, 0.3) is 0 Å². The zero-order chi connectivity index (χ0) is 12.8. The third-order valence-corrected chi connectivity index (χ3v) is 4.01. The van der Waals surface area contributed by atoms with Crippen LogP contribution in [0, 0.1) is 5.92 Å². The first-order valence-electron chi connectivity index (χ1n) is 7.66. The van der Waals surface area contributed by atoms with E-state index >= 15 is 0 Å². The van der Waals surface area contributed by atoms with E-state index in [9.17, 15) is 0 Å². The van der Waals surface area contributed by atoms with Gasteiger partial charge in [-0.3, -0.25) is 0 Å². The Hall–Kier alpha value is -0.820. The van der Waals surface area contributed by atoms with E-state index in [1.165, 1.54) is 43.2 Å². The van der Waals surface area contributed by atoms with Gasteiger partial charge in [-0.05, 0) is 49.3 Å². The van der Waals surface area contributed by atoms with Crippen LogP contribution in [0.1, 0.15) is 63.1 Å². The Morgan fingerprint density at radius 3 is 2.67 bits per heavy atom. The van der Waals surface area contributed by atoms with Gasteiger partial charge in [-0.1, -0.05) is 51.0 Å². The fraction of sp³-hybridized carbons (Fsp3) is 0.647. The fourth-order valence-corrected chi connectivity index (χ4v) is 2.69. The van der Waals surface area contributed by atoms with Gasteiger partial charge in [0.2, 0.25) is 0 Å². The molecule has 0 amide bonds. The van der Waals surface area contributed by atoms with Crippen LogP contribution in [0.4, 0.5) is 0 Å². The Labute approximate surface area is 112 Å². The molecule has 1 heteroatoms. The number of hydrogen-bond donors (Lipinski definition) is 1. The smallest absolute Gasteiger partial charge is 0.0323 e. The lowest BCUT2D eigenvalue weighted by Crippen LogP contribution is -2.23. The molecule has 1 aliphatic rings. The lowest BCUT2D eigenvalue weighted by molar-refractivity contribution is 0.467. The third-order valence-electron chi connectivity index (χ3n) is 4.01. The summed E-state index contributed by atoms with van der Waals surface area (Å²) in [5, 5.41) is 3.74. The maximum atomic E-state index is 3.74.